The number of hydrogen-bond acceptors (Lipinski definition) is 4. The summed E-state index contributed by atoms with van der Waals surface area (Å²) in [5.74, 6) is 6.71. The van der Waals surface area contributed by atoms with Crippen molar-refractivity contribution in [2.24, 2.45) is 11.8 Å². The van der Waals surface area contributed by atoms with Gasteiger partial charge in [0, 0.05) is 31.7 Å². The molecule has 19 heavy (non-hydrogen) atoms. The van der Waals surface area contributed by atoms with E-state index >= 15 is 0 Å². The first-order valence-corrected chi connectivity index (χ1v) is 8.04. The van der Waals surface area contributed by atoms with Gasteiger partial charge in [0.05, 0.1) is 0 Å². The third-order valence-corrected chi connectivity index (χ3v) is 5.12. The van der Waals surface area contributed by atoms with Gasteiger partial charge in [0.1, 0.15) is 0 Å². The molecule has 0 aromatic carbocycles. The number of likely N-dealkylation sites (N-methyl/N-ethyl adjacent to an activating group) is 2. The Morgan fingerprint density at radius 3 is 2.53 bits per heavy atom. The van der Waals surface area contributed by atoms with Crippen molar-refractivity contribution in [3.63, 3.8) is 0 Å². The van der Waals surface area contributed by atoms with Crippen molar-refractivity contribution in [3.8, 4) is 0 Å². The molecule has 2 fully saturated rings. The molecule has 2 aliphatic rings. The SMILES string of the molecule is CN1CCN(C)C(CC(CC2CCCCC2)NN)C1. The Bertz CT molecular complexity index is 253. The van der Waals surface area contributed by atoms with E-state index in [0.717, 1.165) is 5.92 Å². The summed E-state index contributed by atoms with van der Waals surface area (Å²) in [6, 6.07) is 1.14. The molecule has 1 aliphatic heterocycles. The van der Waals surface area contributed by atoms with Gasteiger partial charge in [-0.25, -0.2) is 0 Å². The van der Waals surface area contributed by atoms with Crippen LogP contribution in [0, 0.1) is 5.92 Å². The molecule has 4 heteroatoms. The Balaban J connectivity index is 1.80. The van der Waals surface area contributed by atoms with Crippen LogP contribution in [0.2, 0.25) is 0 Å². The van der Waals surface area contributed by atoms with Crippen LogP contribution >= 0.6 is 0 Å². The highest BCUT2D eigenvalue weighted by atomic mass is 15.3. The van der Waals surface area contributed by atoms with E-state index in [-0.39, 0.29) is 0 Å². The minimum atomic E-state index is 0.488. The van der Waals surface area contributed by atoms with E-state index in [2.05, 4.69) is 29.3 Å². The number of hydrazine groups is 1. The van der Waals surface area contributed by atoms with Crippen LogP contribution in [0.1, 0.15) is 44.9 Å². The van der Waals surface area contributed by atoms with Crippen LogP contribution in [0.3, 0.4) is 0 Å². The van der Waals surface area contributed by atoms with Gasteiger partial charge in [-0.15, -0.1) is 0 Å². The molecule has 2 atom stereocenters. The second-order valence-corrected chi connectivity index (χ2v) is 6.74. The molecule has 0 amide bonds. The summed E-state index contributed by atoms with van der Waals surface area (Å²) in [7, 11) is 4.48. The van der Waals surface area contributed by atoms with E-state index in [1.165, 1.54) is 64.6 Å². The van der Waals surface area contributed by atoms with Gasteiger partial charge >= 0.3 is 0 Å². The lowest BCUT2D eigenvalue weighted by atomic mass is 9.83. The predicted molar refractivity (Wildman–Crippen MR) is 80.8 cm³/mol. The lowest BCUT2D eigenvalue weighted by Crippen LogP contribution is -2.53. The molecule has 1 saturated carbocycles. The Labute approximate surface area is 118 Å². The Morgan fingerprint density at radius 2 is 1.84 bits per heavy atom. The maximum Gasteiger partial charge on any atom is 0.0235 e. The quantitative estimate of drug-likeness (QED) is 0.585. The van der Waals surface area contributed by atoms with Gasteiger partial charge in [0.25, 0.3) is 0 Å². The molecule has 3 N–H and O–H groups in total. The third kappa shape index (κ3) is 4.71. The summed E-state index contributed by atoms with van der Waals surface area (Å²) in [5, 5.41) is 0. The summed E-state index contributed by atoms with van der Waals surface area (Å²) >= 11 is 0. The number of rotatable bonds is 5. The van der Waals surface area contributed by atoms with Gasteiger partial charge in [-0.3, -0.25) is 11.3 Å². The average Bonchev–Trinajstić information content (AvgIpc) is 2.43. The second kappa shape index (κ2) is 7.58. The van der Waals surface area contributed by atoms with Crippen LogP contribution in [0.15, 0.2) is 0 Å². The molecule has 1 heterocycles. The maximum absolute atomic E-state index is 5.81. The van der Waals surface area contributed by atoms with Crippen molar-refractivity contribution >= 4 is 0 Å². The number of nitrogens with one attached hydrogen (secondary N) is 1. The van der Waals surface area contributed by atoms with Gasteiger partial charge in [0.2, 0.25) is 0 Å². The lowest BCUT2D eigenvalue weighted by Gasteiger charge is -2.39. The number of hydrogen-bond donors (Lipinski definition) is 2. The smallest absolute Gasteiger partial charge is 0.0235 e. The first-order chi connectivity index (χ1) is 9.19. The third-order valence-electron chi connectivity index (χ3n) is 5.12. The van der Waals surface area contributed by atoms with Crippen molar-refractivity contribution in [3.05, 3.63) is 0 Å². The Morgan fingerprint density at radius 1 is 1.11 bits per heavy atom. The fourth-order valence-corrected chi connectivity index (χ4v) is 3.74. The van der Waals surface area contributed by atoms with E-state index in [1.54, 1.807) is 0 Å². The van der Waals surface area contributed by atoms with Crippen LogP contribution < -0.4 is 11.3 Å². The summed E-state index contributed by atoms with van der Waals surface area (Å²) in [4.78, 5) is 4.95. The molecule has 1 aliphatic carbocycles. The lowest BCUT2D eigenvalue weighted by molar-refractivity contribution is 0.0972. The zero-order valence-electron chi connectivity index (χ0n) is 12.8. The summed E-state index contributed by atoms with van der Waals surface area (Å²) < 4.78 is 0. The van der Waals surface area contributed by atoms with Gasteiger partial charge < -0.3 is 9.80 Å². The van der Waals surface area contributed by atoms with Crippen LogP contribution in [-0.4, -0.2) is 55.6 Å². The molecular weight excluding hydrogens is 236 g/mol. The Hall–Kier alpha value is -0.160. The summed E-state index contributed by atoms with van der Waals surface area (Å²) in [5.41, 5.74) is 3.09. The average molecular weight is 268 g/mol. The summed E-state index contributed by atoms with van der Waals surface area (Å²) in [6.45, 7) is 3.55. The zero-order valence-corrected chi connectivity index (χ0v) is 12.8. The molecule has 1 saturated heterocycles. The van der Waals surface area contributed by atoms with Crippen molar-refractivity contribution in [2.75, 3.05) is 33.7 Å². The van der Waals surface area contributed by atoms with Crippen molar-refractivity contribution < 1.29 is 0 Å². The van der Waals surface area contributed by atoms with Gasteiger partial charge in [0.15, 0.2) is 0 Å². The van der Waals surface area contributed by atoms with E-state index in [1.807, 2.05) is 0 Å². The highest BCUT2D eigenvalue weighted by Crippen LogP contribution is 2.28. The number of piperazine rings is 1. The zero-order chi connectivity index (χ0) is 13.7. The van der Waals surface area contributed by atoms with Crippen molar-refractivity contribution in [1.82, 2.24) is 15.2 Å². The second-order valence-electron chi connectivity index (χ2n) is 6.74. The van der Waals surface area contributed by atoms with Crippen molar-refractivity contribution in [1.29, 1.82) is 0 Å². The Kier molecular flexibility index (Phi) is 6.07. The van der Waals surface area contributed by atoms with Crippen LogP contribution in [0.4, 0.5) is 0 Å². The van der Waals surface area contributed by atoms with Gasteiger partial charge in [-0.05, 0) is 32.9 Å². The molecule has 0 aromatic heterocycles. The molecule has 2 rings (SSSR count). The molecule has 4 nitrogen and oxygen atoms in total. The largest absolute Gasteiger partial charge is 0.304 e. The first-order valence-electron chi connectivity index (χ1n) is 8.04. The molecule has 0 bridgehead atoms. The molecule has 0 aromatic rings. The van der Waals surface area contributed by atoms with E-state index in [4.69, 9.17) is 5.84 Å². The predicted octanol–water partition coefficient (Wildman–Crippen LogP) is 1.42. The molecule has 2 unspecified atom stereocenters. The molecular formula is C15H32N4. The minimum Gasteiger partial charge on any atom is -0.304 e. The van der Waals surface area contributed by atoms with E-state index < -0.39 is 0 Å². The fourth-order valence-electron chi connectivity index (χ4n) is 3.74. The minimum absolute atomic E-state index is 0.488. The maximum atomic E-state index is 5.81. The standard InChI is InChI=1S/C15H32N4/c1-18-8-9-19(2)15(12-18)11-14(17-16)10-13-6-4-3-5-7-13/h13-15,17H,3-12,16H2,1-2H3. The highest BCUT2D eigenvalue weighted by molar-refractivity contribution is 4.84. The van der Waals surface area contributed by atoms with Gasteiger partial charge in [-0.2, -0.15) is 0 Å². The van der Waals surface area contributed by atoms with E-state index in [9.17, 15) is 0 Å². The topological polar surface area (TPSA) is 44.5 Å². The normalized spacial score (nSPS) is 29.5. The molecule has 0 radical (unpaired) electrons. The first kappa shape index (κ1) is 15.2. The van der Waals surface area contributed by atoms with Crippen LogP contribution in [0.5, 0.6) is 0 Å². The summed E-state index contributed by atoms with van der Waals surface area (Å²) in [6.07, 6.45) is 9.57. The highest BCUT2D eigenvalue weighted by Gasteiger charge is 2.26. The number of nitrogens with zero attached hydrogens (tertiary/aromatic N) is 2. The monoisotopic (exact) mass is 268 g/mol. The fraction of sp³-hybridized carbons (Fsp3) is 1.00. The van der Waals surface area contributed by atoms with E-state index in [0.29, 0.717) is 12.1 Å². The van der Waals surface area contributed by atoms with Gasteiger partial charge in [-0.1, -0.05) is 32.1 Å². The molecule has 112 valence electrons. The number of nitrogens with two attached hydrogens (primary N) is 1. The van der Waals surface area contributed by atoms with Crippen molar-refractivity contribution in [2.45, 2.75) is 57.0 Å². The molecule has 0 spiro atoms. The van der Waals surface area contributed by atoms with Crippen LogP contribution in [-0.2, 0) is 0 Å². The van der Waals surface area contributed by atoms with Crippen LogP contribution in [0.25, 0.3) is 0 Å².